The molecule has 3 aliphatic rings. The highest BCUT2D eigenvalue weighted by Gasteiger charge is 2.65. The second kappa shape index (κ2) is 10.8. The van der Waals surface area contributed by atoms with Crippen LogP contribution in [0, 0.1) is 11.8 Å². The fourth-order valence-corrected chi connectivity index (χ4v) is 6.39. The van der Waals surface area contributed by atoms with Crippen LogP contribution in [0.3, 0.4) is 0 Å². The molecule has 2 unspecified atom stereocenters. The Hall–Kier alpha value is -3.14. The number of hydrogen-bond donors (Lipinski definition) is 0. The summed E-state index contributed by atoms with van der Waals surface area (Å²) in [6, 6.07) is 4.14. The lowest BCUT2D eigenvalue weighted by molar-refractivity contribution is -0.161. The summed E-state index contributed by atoms with van der Waals surface area (Å²) in [5, 5.41) is 4.59. The average molecular weight is 607 g/mol. The fourth-order valence-electron chi connectivity index (χ4n) is 6.13. The fraction of sp³-hybridized carbons (Fsp3) is 0.548. The zero-order valence-electron chi connectivity index (χ0n) is 24.1. The summed E-state index contributed by atoms with van der Waals surface area (Å²) in [6.07, 6.45) is -0.333. The third-order valence-corrected chi connectivity index (χ3v) is 8.81. The number of allylic oxidation sites excluding steroid dienone is 2. The minimum atomic E-state index is -4.55. The van der Waals surface area contributed by atoms with Gasteiger partial charge < -0.3 is 9.47 Å². The molecule has 226 valence electrons. The Kier molecular flexibility index (Phi) is 7.83. The zero-order chi connectivity index (χ0) is 30.6. The third-order valence-electron chi connectivity index (χ3n) is 8.49. The van der Waals surface area contributed by atoms with Gasteiger partial charge in [-0.3, -0.25) is 14.4 Å². The van der Waals surface area contributed by atoms with Crippen LogP contribution in [-0.2, 0) is 37.3 Å². The van der Waals surface area contributed by atoms with Crippen molar-refractivity contribution >= 4 is 35.0 Å². The summed E-state index contributed by atoms with van der Waals surface area (Å²) < 4.78 is 54.1. The number of alkyl halides is 3. The quantitative estimate of drug-likeness (QED) is 0.356. The molecule has 1 aromatic heterocycles. The van der Waals surface area contributed by atoms with Crippen LogP contribution >= 0.6 is 11.6 Å². The first-order valence-corrected chi connectivity index (χ1v) is 14.6. The highest BCUT2D eigenvalue weighted by Crippen LogP contribution is 2.60. The second-order valence-electron chi connectivity index (χ2n) is 12.4. The first-order chi connectivity index (χ1) is 19.7. The lowest BCUT2D eigenvalue weighted by Crippen LogP contribution is -2.32. The van der Waals surface area contributed by atoms with E-state index >= 15 is 0 Å². The number of halogens is 4. The van der Waals surface area contributed by atoms with Crippen molar-refractivity contribution in [2.75, 3.05) is 7.11 Å². The van der Waals surface area contributed by atoms with Gasteiger partial charge in [0.25, 0.3) is 5.91 Å². The second-order valence-corrected chi connectivity index (χ2v) is 12.8. The number of aromatic nitrogens is 2. The summed E-state index contributed by atoms with van der Waals surface area (Å²) in [6.45, 7) is 5.45. The molecule has 0 amide bonds. The standard InChI is InChI=1S/C31H34ClF3N2O5/c1-29(2,3)42-28(40)18-10-8-17(9-11-18)25-20-13-12-19(27(39)41-4)16-23(20)37(36-25)26(38)24-21(6-5-7-22(24)32)30(14-15-30)31(33,34)35/h5-8,18-19H,9-16H2,1-4H3. The highest BCUT2D eigenvalue weighted by molar-refractivity contribution is 6.34. The Morgan fingerprint density at radius 3 is 2.31 bits per heavy atom. The Balaban J connectivity index is 1.55. The van der Waals surface area contributed by atoms with Crippen molar-refractivity contribution in [1.82, 2.24) is 9.78 Å². The van der Waals surface area contributed by atoms with Crippen molar-refractivity contribution in [1.29, 1.82) is 0 Å². The molecule has 11 heteroatoms. The third kappa shape index (κ3) is 5.50. The maximum atomic E-state index is 14.2. The van der Waals surface area contributed by atoms with E-state index in [1.807, 2.05) is 26.8 Å². The number of hydrogen-bond acceptors (Lipinski definition) is 6. The molecule has 0 aliphatic heterocycles. The van der Waals surface area contributed by atoms with E-state index in [9.17, 15) is 27.6 Å². The van der Waals surface area contributed by atoms with Crippen LogP contribution < -0.4 is 0 Å². The number of carbonyl (C=O) groups is 3. The smallest absolute Gasteiger partial charge is 0.398 e. The summed E-state index contributed by atoms with van der Waals surface area (Å²) in [4.78, 5) is 39.2. The Morgan fingerprint density at radius 2 is 1.74 bits per heavy atom. The van der Waals surface area contributed by atoms with Crippen molar-refractivity contribution in [2.24, 2.45) is 11.8 Å². The monoisotopic (exact) mass is 606 g/mol. The molecule has 0 N–H and O–H groups in total. The summed E-state index contributed by atoms with van der Waals surface area (Å²) >= 11 is 6.43. The molecule has 0 bridgehead atoms. The number of rotatable bonds is 5. The minimum absolute atomic E-state index is 0.0868. The predicted molar refractivity (Wildman–Crippen MR) is 149 cm³/mol. The van der Waals surface area contributed by atoms with Crippen molar-refractivity contribution in [2.45, 2.75) is 89.3 Å². The molecule has 7 nitrogen and oxygen atoms in total. The highest BCUT2D eigenvalue weighted by atomic mass is 35.5. The van der Waals surface area contributed by atoms with Gasteiger partial charge in [0.2, 0.25) is 0 Å². The number of esters is 2. The molecule has 42 heavy (non-hydrogen) atoms. The predicted octanol–water partition coefficient (Wildman–Crippen LogP) is 6.62. The van der Waals surface area contributed by atoms with Crippen LogP contribution in [0.5, 0.6) is 0 Å². The van der Waals surface area contributed by atoms with Gasteiger partial charge in [0.05, 0.1) is 46.3 Å². The van der Waals surface area contributed by atoms with Gasteiger partial charge in [-0.15, -0.1) is 0 Å². The number of benzene rings is 1. The van der Waals surface area contributed by atoms with Crippen LogP contribution in [0.2, 0.25) is 5.02 Å². The van der Waals surface area contributed by atoms with Gasteiger partial charge in [0.15, 0.2) is 0 Å². The van der Waals surface area contributed by atoms with Crippen molar-refractivity contribution in [3.05, 3.63) is 57.4 Å². The molecule has 1 heterocycles. The number of fused-ring (bicyclic) bond motifs is 1. The van der Waals surface area contributed by atoms with Crippen LogP contribution in [0.4, 0.5) is 13.2 Å². The number of methoxy groups -OCH3 is 1. The van der Waals surface area contributed by atoms with Crippen LogP contribution in [0.1, 0.15) is 92.2 Å². The van der Waals surface area contributed by atoms with Gasteiger partial charge in [-0.1, -0.05) is 29.8 Å². The maximum Gasteiger partial charge on any atom is 0.398 e. The van der Waals surface area contributed by atoms with E-state index in [-0.39, 0.29) is 47.3 Å². The van der Waals surface area contributed by atoms with Crippen molar-refractivity contribution in [3.63, 3.8) is 0 Å². The SMILES string of the molecule is COC(=O)C1CCc2c(C3=CCC(C(=O)OC(C)(C)C)CC3)nn(C(=O)c3c(Cl)cccc3C3(C(F)(F)F)CC3)c2C1. The van der Waals surface area contributed by atoms with Crippen LogP contribution in [0.15, 0.2) is 24.3 Å². The summed E-state index contributed by atoms with van der Waals surface area (Å²) in [5.74, 6) is -2.29. The van der Waals surface area contributed by atoms with Crippen LogP contribution in [0.25, 0.3) is 5.57 Å². The molecular weight excluding hydrogens is 573 g/mol. The average Bonchev–Trinajstić information content (AvgIpc) is 3.67. The molecule has 0 radical (unpaired) electrons. The molecule has 2 aromatic rings. The van der Waals surface area contributed by atoms with Crippen LogP contribution in [-0.4, -0.2) is 46.5 Å². The van der Waals surface area contributed by atoms with Gasteiger partial charge in [0.1, 0.15) is 5.60 Å². The van der Waals surface area contributed by atoms with Crippen molar-refractivity contribution in [3.8, 4) is 0 Å². The lowest BCUT2D eigenvalue weighted by Gasteiger charge is -2.26. The Bertz CT molecular complexity index is 1470. The molecule has 0 spiro atoms. The molecule has 0 saturated heterocycles. The molecule has 2 atom stereocenters. The largest absolute Gasteiger partial charge is 0.469 e. The summed E-state index contributed by atoms with van der Waals surface area (Å²) in [5.41, 5.74) is -0.457. The van der Waals surface area contributed by atoms with Gasteiger partial charge in [-0.05, 0) is 82.9 Å². The van der Waals surface area contributed by atoms with E-state index in [1.165, 1.54) is 25.3 Å². The van der Waals surface area contributed by atoms with Crippen molar-refractivity contribution < 1.29 is 37.0 Å². The van der Waals surface area contributed by atoms with E-state index in [2.05, 4.69) is 5.10 Å². The van der Waals surface area contributed by atoms with E-state index in [0.717, 1.165) is 15.8 Å². The Labute approximate surface area is 247 Å². The number of ether oxygens (including phenoxy) is 2. The first kappa shape index (κ1) is 30.3. The molecule has 1 aromatic carbocycles. The molecular formula is C31H34ClF3N2O5. The molecule has 1 fully saturated rings. The molecule has 3 aliphatic carbocycles. The maximum absolute atomic E-state index is 14.2. The van der Waals surface area contributed by atoms with Gasteiger partial charge >= 0.3 is 18.1 Å². The number of nitrogens with zero attached hydrogens (tertiary/aromatic N) is 2. The zero-order valence-corrected chi connectivity index (χ0v) is 24.8. The van der Waals surface area contributed by atoms with E-state index < -0.39 is 35.0 Å². The summed E-state index contributed by atoms with van der Waals surface area (Å²) in [7, 11) is 1.29. The van der Waals surface area contributed by atoms with Gasteiger partial charge in [0, 0.05) is 12.0 Å². The normalized spacial score (nSPS) is 21.7. The molecule has 5 rings (SSSR count). The minimum Gasteiger partial charge on any atom is -0.469 e. The first-order valence-electron chi connectivity index (χ1n) is 14.2. The lowest BCUT2D eigenvalue weighted by atomic mass is 9.82. The Morgan fingerprint density at radius 1 is 1.05 bits per heavy atom. The number of carbonyl (C=O) groups excluding carboxylic acids is 3. The molecule has 1 saturated carbocycles. The van der Waals surface area contributed by atoms with E-state index in [0.29, 0.717) is 43.5 Å². The topological polar surface area (TPSA) is 87.5 Å². The van der Waals surface area contributed by atoms with Gasteiger partial charge in [-0.25, -0.2) is 0 Å². The van der Waals surface area contributed by atoms with Gasteiger partial charge in [-0.2, -0.15) is 23.0 Å². The van der Waals surface area contributed by atoms with E-state index in [1.54, 1.807) is 0 Å². The van der Waals surface area contributed by atoms with E-state index in [4.69, 9.17) is 21.1 Å².